The van der Waals surface area contributed by atoms with Crippen molar-refractivity contribution in [2.45, 2.75) is 32.2 Å². The van der Waals surface area contributed by atoms with E-state index in [0.717, 1.165) is 24.2 Å². The molecular weight excluding hydrogens is 268 g/mol. The van der Waals surface area contributed by atoms with Crippen LogP contribution in [0, 0.1) is 5.92 Å². The van der Waals surface area contributed by atoms with E-state index in [0.29, 0.717) is 25.9 Å². The van der Waals surface area contributed by atoms with Gasteiger partial charge < -0.3 is 15.4 Å². The lowest BCUT2D eigenvalue weighted by molar-refractivity contribution is -0.123. The Labute approximate surface area is 125 Å². The molecule has 1 aliphatic carbocycles. The van der Waals surface area contributed by atoms with Gasteiger partial charge in [0, 0.05) is 25.4 Å². The largest absolute Gasteiger partial charge is 0.497 e. The van der Waals surface area contributed by atoms with Gasteiger partial charge in [-0.15, -0.1) is 0 Å². The standard InChI is InChI=1S/C16H22N2O3/c1-21-14-8-4-12(5-9-14)11-18-15(19)3-2-10-17-16(20)13-6-7-13/h4-5,8-9,13H,2-3,6-7,10-11H2,1H3,(H,17,20)(H,18,19). The van der Waals surface area contributed by atoms with Crippen LogP contribution in [-0.2, 0) is 16.1 Å². The van der Waals surface area contributed by atoms with Crippen molar-refractivity contribution in [2.75, 3.05) is 13.7 Å². The first-order valence-corrected chi connectivity index (χ1v) is 7.36. The molecule has 2 N–H and O–H groups in total. The van der Waals surface area contributed by atoms with E-state index in [1.165, 1.54) is 0 Å². The number of rotatable bonds is 8. The topological polar surface area (TPSA) is 67.4 Å². The van der Waals surface area contributed by atoms with Crippen LogP contribution in [0.5, 0.6) is 5.75 Å². The van der Waals surface area contributed by atoms with E-state index in [-0.39, 0.29) is 17.7 Å². The third-order valence-corrected chi connectivity index (χ3v) is 3.48. The second-order valence-electron chi connectivity index (χ2n) is 5.29. The Kier molecular flexibility index (Phi) is 5.60. The van der Waals surface area contributed by atoms with Crippen LogP contribution in [0.25, 0.3) is 0 Å². The first kappa shape index (κ1) is 15.4. The molecule has 2 amide bonds. The quantitative estimate of drug-likeness (QED) is 0.715. The maximum absolute atomic E-state index is 11.7. The zero-order valence-corrected chi connectivity index (χ0v) is 12.4. The third-order valence-electron chi connectivity index (χ3n) is 3.48. The van der Waals surface area contributed by atoms with Crippen molar-refractivity contribution < 1.29 is 14.3 Å². The number of ether oxygens (including phenoxy) is 1. The predicted octanol–water partition coefficient (Wildman–Crippen LogP) is 1.62. The van der Waals surface area contributed by atoms with Crippen molar-refractivity contribution in [3.63, 3.8) is 0 Å². The van der Waals surface area contributed by atoms with Gasteiger partial charge in [0.15, 0.2) is 0 Å². The van der Waals surface area contributed by atoms with Crippen LogP contribution >= 0.6 is 0 Å². The van der Waals surface area contributed by atoms with Gasteiger partial charge in [-0.05, 0) is 37.0 Å². The lowest BCUT2D eigenvalue weighted by Gasteiger charge is -2.07. The highest BCUT2D eigenvalue weighted by Gasteiger charge is 2.28. The third kappa shape index (κ3) is 5.45. The number of amides is 2. The first-order chi connectivity index (χ1) is 10.2. The summed E-state index contributed by atoms with van der Waals surface area (Å²) in [6, 6.07) is 7.59. The normalized spacial score (nSPS) is 13.6. The minimum absolute atomic E-state index is 0.00601. The highest BCUT2D eigenvalue weighted by atomic mass is 16.5. The molecule has 0 aliphatic heterocycles. The molecule has 1 aromatic carbocycles. The summed E-state index contributed by atoms with van der Waals surface area (Å²) in [5, 5.41) is 5.72. The minimum atomic E-state index is 0.00601. The van der Waals surface area contributed by atoms with Gasteiger partial charge in [0.05, 0.1) is 7.11 Å². The van der Waals surface area contributed by atoms with Crippen molar-refractivity contribution in [2.24, 2.45) is 5.92 Å². The molecule has 0 heterocycles. The summed E-state index contributed by atoms with van der Waals surface area (Å²) in [5.41, 5.74) is 1.03. The molecule has 0 saturated heterocycles. The van der Waals surface area contributed by atoms with Gasteiger partial charge in [-0.3, -0.25) is 9.59 Å². The van der Waals surface area contributed by atoms with Gasteiger partial charge in [0.1, 0.15) is 5.75 Å². The fourth-order valence-electron chi connectivity index (χ4n) is 1.98. The fraction of sp³-hybridized carbons (Fsp3) is 0.500. The lowest BCUT2D eigenvalue weighted by atomic mass is 10.2. The van der Waals surface area contributed by atoms with E-state index >= 15 is 0 Å². The van der Waals surface area contributed by atoms with Crippen molar-refractivity contribution in [3.8, 4) is 5.75 Å². The molecule has 5 nitrogen and oxygen atoms in total. The molecule has 114 valence electrons. The molecule has 0 aromatic heterocycles. The SMILES string of the molecule is COc1ccc(CNC(=O)CCCNC(=O)C2CC2)cc1. The molecule has 1 aromatic rings. The average Bonchev–Trinajstić information content (AvgIpc) is 3.34. The predicted molar refractivity (Wildman–Crippen MR) is 79.8 cm³/mol. The van der Waals surface area contributed by atoms with E-state index in [1.807, 2.05) is 24.3 Å². The van der Waals surface area contributed by atoms with E-state index in [1.54, 1.807) is 7.11 Å². The Morgan fingerprint density at radius 2 is 1.90 bits per heavy atom. The number of carbonyl (C=O) groups excluding carboxylic acids is 2. The maximum atomic E-state index is 11.7. The Morgan fingerprint density at radius 3 is 2.52 bits per heavy atom. The summed E-state index contributed by atoms with van der Waals surface area (Å²) in [7, 11) is 1.62. The van der Waals surface area contributed by atoms with E-state index < -0.39 is 0 Å². The maximum Gasteiger partial charge on any atom is 0.223 e. The van der Waals surface area contributed by atoms with Crippen molar-refractivity contribution in [1.82, 2.24) is 10.6 Å². The molecule has 0 bridgehead atoms. The second kappa shape index (κ2) is 7.67. The number of methoxy groups -OCH3 is 1. The van der Waals surface area contributed by atoms with Crippen LogP contribution < -0.4 is 15.4 Å². The molecule has 0 radical (unpaired) electrons. The van der Waals surface area contributed by atoms with Crippen molar-refractivity contribution >= 4 is 11.8 Å². The second-order valence-corrected chi connectivity index (χ2v) is 5.29. The smallest absolute Gasteiger partial charge is 0.223 e. The monoisotopic (exact) mass is 290 g/mol. The van der Waals surface area contributed by atoms with Crippen LogP contribution in [0.3, 0.4) is 0 Å². The van der Waals surface area contributed by atoms with Gasteiger partial charge in [-0.2, -0.15) is 0 Å². The van der Waals surface area contributed by atoms with Gasteiger partial charge in [0.2, 0.25) is 11.8 Å². The molecule has 21 heavy (non-hydrogen) atoms. The lowest BCUT2D eigenvalue weighted by Crippen LogP contribution is -2.28. The summed E-state index contributed by atoms with van der Waals surface area (Å²) in [4.78, 5) is 23.1. The Bertz CT molecular complexity index is 481. The average molecular weight is 290 g/mol. The van der Waals surface area contributed by atoms with Gasteiger partial charge in [-0.25, -0.2) is 0 Å². The van der Waals surface area contributed by atoms with Crippen molar-refractivity contribution in [3.05, 3.63) is 29.8 Å². The fourth-order valence-corrected chi connectivity index (χ4v) is 1.98. The molecule has 0 atom stereocenters. The van der Waals surface area contributed by atoms with E-state index in [4.69, 9.17) is 4.74 Å². The molecule has 2 rings (SSSR count). The number of nitrogens with one attached hydrogen (secondary N) is 2. The van der Waals surface area contributed by atoms with Gasteiger partial charge in [-0.1, -0.05) is 12.1 Å². The van der Waals surface area contributed by atoms with Gasteiger partial charge in [0.25, 0.3) is 0 Å². The number of hydrogen-bond donors (Lipinski definition) is 2. The van der Waals surface area contributed by atoms with Crippen LogP contribution in [-0.4, -0.2) is 25.5 Å². The summed E-state index contributed by atoms with van der Waals surface area (Å²) >= 11 is 0. The minimum Gasteiger partial charge on any atom is -0.497 e. The van der Waals surface area contributed by atoms with Crippen LogP contribution in [0.4, 0.5) is 0 Å². The molecule has 0 spiro atoms. The Morgan fingerprint density at radius 1 is 1.19 bits per heavy atom. The summed E-state index contributed by atoms with van der Waals surface area (Å²) < 4.78 is 5.08. The van der Waals surface area contributed by atoms with Crippen molar-refractivity contribution in [1.29, 1.82) is 0 Å². The van der Waals surface area contributed by atoms with E-state index in [9.17, 15) is 9.59 Å². The first-order valence-electron chi connectivity index (χ1n) is 7.36. The van der Waals surface area contributed by atoms with Gasteiger partial charge >= 0.3 is 0 Å². The molecule has 5 heteroatoms. The van der Waals surface area contributed by atoms with Crippen LogP contribution in [0.2, 0.25) is 0 Å². The number of carbonyl (C=O) groups is 2. The summed E-state index contributed by atoms with van der Waals surface area (Å²) in [6.45, 7) is 1.09. The molecular formula is C16H22N2O3. The summed E-state index contributed by atoms with van der Waals surface area (Å²) in [5.74, 6) is 1.17. The highest BCUT2D eigenvalue weighted by Crippen LogP contribution is 2.28. The number of benzene rings is 1. The molecule has 1 aliphatic rings. The molecule has 1 fully saturated rings. The molecule has 0 unspecified atom stereocenters. The van der Waals surface area contributed by atoms with E-state index in [2.05, 4.69) is 10.6 Å². The highest BCUT2D eigenvalue weighted by molar-refractivity contribution is 5.81. The Balaban J connectivity index is 1.57. The van der Waals surface area contributed by atoms with Crippen LogP contribution in [0.15, 0.2) is 24.3 Å². The Hall–Kier alpha value is -2.04. The number of hydrogen-bond acceptors (Lipinski definition) is 3. The molecule has 1 saturated carbocycles. The van der Waals surface area contributed by atoms with Crippen LogP contribution in [0.1, 0.15) is 31.2 Å². The zero-order valence-electron chi connectivity index (χ0n) is 12.4. The zero-order chi connectivity index (χ0) is 15.1. The summed E-state index contributed by atoms with van der Waals surface area (Å²) in [6.07, 6.45) is 3.12.